The van der Waals surface area contributed by atoms with Gasteiger partial charge in [-0.15, -0.1) is 0 Å². The quantitative estimate of drug-likeness (QED) is 0.668. The lowest BCUT2D eigenvalue weighted by molar-refractivity contribution is -0.117. The topological polar surface area (TPSA) is 104 Å². The average Bonchev–Trinajstić information content (AvgIpc) is 3.26. The minimum atomic E-state index is -0.321. The predicted molar refractivity (Wildman–Crippen MR) is 101 cm³/mol. The summed E-state index contributed by atoms with van der Waals surface area (Å²) in [6.07, 6.45) is 5.11. The Morgan fingerprint density at radius 2 is 2.19 bits per heavy atom. The van der Waals surface area contributed by atoms with Crippen LogP contribution in [-0.2, 0) is 10.2 Å². The number of hydrogen-bond donors (Lipinski definition) is 2. The Morgan fingerprint density at radius 3 is 3.00 bits per heavy atom. The van der Waals surface area contributed by atoms with Crippen molar-refractivity contribution in [2.24, 2.45) is 0 Å². The lowest BCUT2D eigenvalue weighted by Crippen LogP contribution is -2.46. The number of halogens is 1. The maximum absolute atomic E-state index is 12.9. The third kappa shape index (κ3) is 2.78. The number of anilines is 1. The van der Waals surface area contributed by atoms with Crippen LogP contribution in [0.15, 0.2) is 35.2 Å². The van der Waals surface area contributed by atoms with Gasteiger partial charge >= 0.3 is 0 Å². The van der Waals surface area contributed by atoms with Gasteiger partial charge in [0.1, 0.15) is 12.1 Å². The molecule has 2 N–H and O–H groups in total. The van der Waals surface area contributed by atoms with Crippen molar-refractivity contribution in [1.29, 1.82) is 0 Å². The molecule has 1 fully saturated rings. The van der Waals surface area contributed by atoms with Gasteiger partial charge in [-0.3, -0.25) is 14.9 Å². The summed E-state index contributed by atoms with van der Waals surface area (Å²) in [5.41, 5.74) is 2.93. The lowest BCUT2D eigenvalue weighted by atomic mass is 9.86. The average molecular weight is 427 g/mol. The van der Waals surface area contributed by atoms with Crippen molar-refractivity contribution in [2.75, 3.05) is 18.4 Å². The minimum Gasteiger partial charge on any atom is -0.329 e. The Balaban J connectivity index is 1.35. The number of fused-ring (bicyclic) bond motifs is 3. The third-order valence-corrected chi connectivity index (χ3v) is 5.67. The zero-order chi connectivity index (χ0) is 18.6. The first-order chi connectivity index (χ1) is 13.0. The van der Waals surface area contributed by atoms with E-state index < -0.39 is 0 Å². The molecule has 5 rings (SSSR count). The molecule has 0 saturated heterocycles. The minimum absolute atomic E-state index is 0.0152. The number of rotatable bonds is 3. The molecule has 0 bridgehead atoms. The van der Waals surface area contributed by atoms with E-state index in [4.69, 9.17) is 0 Å². The number of H-pyrrole nitrogens is 1. The van der Waals surface area contributed by atoms with Crippen LogP contribution in [0.25, 0.3) is 11.2 Å². The van der Waals surface area contributed by atoms with E-state index in [1.807, 2.05) is 18.2 Å². The number of amides is 2. The fourth-order valence-corrected chi connectivity index (χ4v) is 4.04. The maximum Gasteiger partial charge on any atom is 0.254 e. The molecule has 1 aliphatic heterocycles. The second-order valence-electron chi connectivity index (χ2n) is 7.01. The number of nitrogens with one attached hydrogen (secondary N) is 2. The maximum atomic E-state index is 12.9. The monoisotopic (exact) mass is 426 g/mol. The Morgan fingerprint density at radius 1 is 1.33 bits per heavy atom. The van der Waals surface area contributed by atoms with Crippen molar-refractivity contribution in [2.45, 2.75) is 18.3 Å². The van der Waals surface area contributed by atoms with E-state index in [0.29, 0.717) is 23.3 Å². The molecule has 1 saturated carbocycles. The molecule has 3 aromatic rings. The molecule has 0 atom stereocenters. The van der Waals surface area contributed by atoms with Crippen LogP contribution < -0.4 is 5.32 Å². The van der Waals surface area contributed by atoms with Crippen LogP contribution in [0.5, 0.6) is 0 Å². The molecular formula is C18H15BrN6O2. The van der Waals surface area contributed by atoms with Gasteiger partial charge in [-0.2, -0.15) is 4.98 Å². The molecule has 1 aliphatic carbocycles. The molecule has 0 radical (unpaired) electrons. The Bertz CT molecular complexity index is 1090. The van der Waals surface area contributed by atoms with E-state index in [2.05, 4.69) is 41.2 Å². The number of aromatic amines is 1. The van der Waals surface area contributed by atoms with Gasteiger partial charge < -0.3 is 9.88 Å². The molecule has 8 nitrogen and oxygen atoms in total. The Hall–Kier alpha value is -2.81. The zero-order valence-electron chi connectivity index (χ0n) is 14.2. The third-order valence-electron chi connectivity index (χ3n) is 5.18. The smallest absolute Gasteiger partial charge is 0.254 e. The number of carbonyl (C=O) groups is 2. The van der Waals surface area contributed by atoms with E-state index in [-0.39, 0.29) is 29.7 Å². The van der Waals surface area contributed by atoms with Gasteiger partial charge in [-0.05, 0) is 36.6 Å². The standard InChI is InChI=1S/C18H15BrN6O2/c19-10-1-2-11-12(5-10)18(3-4-18)8-25(16(11)27)7-14(26)23-17-20-6-13-15(24-17)22-9-21-13/h1-2,5-6,9H,3-4,7-8H2,(H2,20,21,22,23,24,26). The van der Waals surface area contributed by atoms with Gasteiger partial charge in [0.05, 0.1) is 12.5 Å². The summed E-state index contributed by atoms with van der Waals surface area (Å²) in [7, 11) is 0. The largest absolute Gasteiger partial charge is 0.329 e. The van der Waals surface area contributed by atoms with Gasteiger partial charge in [0, 0.05) is 22.0 Å². The fourth-order valence-electron chi connectivity index (χ4n) is 3.68. The van der Waals surface area contributed by atoms with Gasteiger partial charge in [0.2, 0.25) is 11.9 Å². The second kappa shape index (κ2) is 5.85. The Kier molecular flexibility index (Phi) is 3.55. The molecule has 0 unspecified atom stereocenters. The molecule has 1 spiro atoms. The molecule has 1 aromatic carbocycles. The van der Waals surface area contributed by atoms with E-state index in [1.165, 1.54) is 12.5 Å². The number of imidazole rings is 1. The van der Waals surface area contributed by atoms with Crippen molar-refractivity contribution in [1.82, 2.24) is 24.8 Å². The zero-order valence-corrected chi connectivity index (χ0v) is 15.8. The summed E-state index contributed by atoms with van der Waals surface area (Å²) in [6, 6.07) is 5.73. The van der Waals surface area contributed by atoms with Gasteiger partial charge in [0.15, 0.2) is 5.65 Å². The van der Waals surface area contributed by atoms with Gasteiger partial charge in [-0.1, -0.05) is 15.9 Å². The first-order valence-electron chi connectivity index (χ1n) is 8.59. The molecule has 9 heteroatoms. The van der Waals surface area contributed by atoms with Crippen LogP contribution >= 0.6 is 15.9 Å². The molecular weight excluding hydrogens is 412 g/mol. The summed E-state index contributed by atoms with van der Waals surface area (Å²) in [4.78, 5) is 42.2. The first kappa shape index (κ1) is 16.4. The molecule has 27 heavy (non-hydrogen) atoms. The van der Waals surface area contributed by atoms with Crippen LogP contribution in [0.2, 0.25) is 0 Å². The summed E-state index contributed by atoms with van der Waals surface area (Å²) >= 11 is 3.49. The van der Waals surface area contributed by atoms with E-state index in [1.54, 1.807) is 4.90 Å². The molecule has 2 aromatic heterocycles. The van der Waals surface area contributed by atoms with Crippen molar-refractivity contribution in [3.8, 4) is 0 Å². The summed E-state index contributed by atoms with van der Waals surface area (Å²) in [5.74, 6) is -0.250. The normalized spacial score (nSPS) is 17.2. The first-order valence-corrected chi connectivity index (χ1v) is 9.39. The SMILES string of the molecule is O=C(CN1CC2(CC2)c2cc(Br)ccc2C1=O)Nc1ncc2nc[nH]c2n1. The highest BCUT2D eigenvalue weighted by Crippen LogP contribution is 2.52. The van der Waals surface area contributed by atoms with Crippen molar-refractivity contribution in [3.05, 3.63) is 46.3 Å². The molecule has 136 valence electrons. The van der Waals surface area contributed by atoms with Crippen molar-refractivity contribution < 1.29 is 9.59 Å². The summed E-state index contributed by atoms with van der Waals surface area (Å²) in [5, 5.41) is 2.66. The van der Waals surface area contributed by atoms with E-state index in [9.17, 15) is 9.59 Å². The van der Waals surface area contributed by atoms with Crippen LogP contribution in [0.3, 0.4) is 0 Å². The lowest BCUT2D eigenvalue weighted by Gasteiger charge is -2.34. The Labute approximate surface area is 162 Å². The predicted octanol–water partition coefficient (Wildman–Crippen LogP) is 2.24. The fraction of sp³-hybridized carbons (Fsp3) is 0.278. The van der Waals surface area contributed by atoms with Crippen LogP contribution in [0, 0.1) is 0 Å². The van der Waals surface area contributed by atoms with Gasteiger partial charge in [0.25, 0.3) is 5.91 Å². The van der Waals surface area contributed by atoms with Crippen molar-refractivity contribution >= 4 is 44.9 Å². The van der Waals surface area contributed by atoms with Gasteiger partial charge in [-0.25, -0.2) is 9.97 Å². The highest BCUT2D eigenvalue weighted by molar-refractivity contribution is 9.10. The molecule has 2 amide bonds. The highest BCUT2D eigenvalue weighted by atomic mass is 79.9. The number of nitrogens with zero attached hydrogens (tertiary/aromatic N) is 4. The van der Waals surface area contributed by atoms with E-state index >= 15 is 0 Å². The number of benzene rings is 1. The van der Waals surface area contributed by atoms with Crippen LogP contribution in [0.1, 0.15) is 28.8 Å². The second-order valence-corrected chi connectivity index (χ2v) is 7.93. The molecule has 3 heterocycles. The van der Waals surface area contributed by atoms with Crippen molar-refractivity contribution in [3.63, 3.8) is 0 Å². The van der Waals surface area contributed by atoms with Crippen LogP contribution in [0.4, 0.5) is 5.95 Å². The molecule has 2 aliphatic rings. The summed E-state index contributed by atoms with van der Waals surface area (Å²) < 4.78 is 0.970. The highest BCUT2D eigenvalue weighted by Gasteiger charge is 2.51. The number of aromatic nitrogens is 4. The number of hydrogen-bond acceptors (Lipinski definition) is 5. The number of carbonyl (C=O) groups excluding carboxylic acids is 2. The van der Waals surface area contributed by atoms with Crippen LogP contribution in [-0.4, -0.2) is 49.7 Å². The van der Waals surface area contributed by atoms with E-state index in [0.717, 1.165) is 22.9 Å². The summed E-state index contributed by atoms with van der Waals surface area (Å²) in [6.45, 7) is 0.531.